The zero-order valence-corrected chi connectivity index (χ0v) is 26.7. The van der Waals surface area contributed by atoms with E-state index in [1.807, 2.05) is 13.8 Å². The molecule has 1 saturated heterocycles. The van der Waals surface area contributed by atoms with Crippen LogP contribution < -0.4 is 16.4 Å². The zero-order chi connectivity index (χ0) is 34.4. The Morgan fingerprint density at radius 1 is 1.09 bits per heavy atom. The van der Waals surface area contributed by atoms with Gasteiger partial charge in [-0.25, -0.2) is 14.8 Å². The molecule has 0 saturated carbocycles. The molecule has 0 unspecified atom stereocenters. The molecule has 250 valence electrons. The van der Waals surface area contributed by atoms with E-state index in [2.05, 4.69) is 20.6 Å². The lowest BCUT2D eigenvalue weighted by Crippen LogP contribution is -2.48. The van der Waals surface area contributed by atoms with Crippen molar-refractivity contribution in [2.45, 2.75) is 59.9 Å². The number of piperazine rings is 1. The summed E-state index contributed by atoms with van der Waals surface area (Å²) in [6.45, 7) is 10.7. The summed E-state index contributed by atoms with van der Waals surface area (Å²) in [4.78, 5) is 48.1. The Labute approximate surface area is 267 Å². The van der Waals surface area contributed by atoms with Crippen molar-refractivity contribution in [2.75, 3.05) is 37.2 Å². The van der Waals surface area contributed by atoms with Gasteiger partial charge in [0.15, 0.2) is 11.5 Å². The maximum Gasteiger partial charge on any atom is 0.416 e. The van der Waals surface area contributed by atoms with Crippen LogP contribution in [0.1, 0.15) is 61.8 Å². The van der Waals surface area contributed by atoms with E-state index in [-0.39, 0.29) is 47.7 Å². The van der Waals surface area contributed by atoms with Gasteiger partial charge in [-0.2, -0.15) is 13.2 Å². The van der Waals surface area contributed by atoms with E-state index in [1.54, 1.807) is 54.8 Å². The molecule has 0 bridgehead atoms. The van der Waals surface area contributed by atoms with Gasteiger partial charge in [-0.3, -0.25) is 9.59 Å². The van der Waals surface area contributed by atoms with Crippen LogP contribution in [0, 0.1) is 0 Å². The van der Waals surface area contributed by atoms with Gasteiger partial charge in [0.05, 0.1) is 17.5 Å². The molecule has 0 radical (unpaired) electrons. The van der Waals surface area contributed by atoms with Crippen molar-refractivity contribution in [3.63, 3.8) is 0 Å². The first-order chi connectivity index (χ1) is 21.8. The van der Waals surface area contributed by atoms with Crippen molar-refractivity contribution >= 4 is 29.9 Å². The molecule has 14 heteroatoms. The van der Waals surface area contributed by atoms with E-state index >= 15 is 0 Å². The number of aliphatic hydroxyl groups excluding tert-OH is 1. The fourth-order valence-electron chi connectivity index (χ4n) is 4.30. The van der Waals surface area contributed by atoms with Crippen molar-refractivity contribution in [3.8, 4) is 11.3 Å². The number of aromatic nitrogens is 2. The topological polar surface area (TPSA) is 154 Å². The summed E-state index contributed by atoms with van der Waals surface area (Å²) in [5.41, 5.74) is 7.04. The normalized spacial score (nSPS) is 12.7. The van der Waals surface area contributed by atoms with Crippen LogP contribution >= 0.6 is 0 Å². The van der Waals surface area contributed by atoms with Gasteiger partial charge in [0, 0.05) is 50.1 Å². The molecule has 1 aliphatic heterocycles. The Kier molecular flexibility index (Phi) is 14.4. The smallest absolute Gasteiger partial charge is 0.394 e. The van der Waals surface area contributed by atoms with E-state index in [1.165, 1.54) is 18.3 Å². The Bertz CT molecular complexity index is 1460. The van der Waals surface area contributed by atoms with Gasteiger partial charge in [-0.15, -0.1) is 0 Å². The summed E-state index contributed by atoms with van der Waals surface area (Å²) in [6.07, 6.45) is -2.30. The van der Waals surface area contributed by atoms with Crippen LogP contribution in [0.3, 0.4) is 0 Å². The fourth-order valence-corrected chi connectivity index (χ4v) is 4.30. The number of nitrogens with two attached hydrogens (primary N) is 1. The molecule has 0 atom stereocenters. The second-order valence-electron chi connectivity index (χ2n) is 10.2. The average Bonchev–Trinajstić information content (AvgIpc) is 3.04. The molecular formula is C32H42F3N7O4. The summed E-state index contributed by atoms with van der Waals surface area (Å²) in [7, 11) is 0. The third-order valence-electron chi connectivity index (χ3n) is 6.48. The number of halogens is 3. The number of carbonyl (C=O) groups excluding carboxylic acids is 3. The summed E-state index contributed by atoms with van der Waals surface area (Å²) < 4.78 is 40.0. The molecular weight excluding hydrogens is 603 g/mol. The van der Waals surface area contributed by atoms with Crippen LogP contribution in [0.25, 0.3) is 11.3 Å². The first-order valence-corrected chi connectivity index (χ1v) is 15.0. The number of rotatable bonds is 7. The number of alkyl halides is 3. The van der Waals surface area contributed by atoms with Crippen molar-refractivity contribution < 1.29 is 32.7 Å². The molecule has 1 aromatic heterocycles. The number of urea groups is 1. The number of carbonyl (C=O) groups is 3. The van der Waals surface area contributed by atoms with Gasteiger partial charge < -0.3 is 31.3 Å². The minimum Gasteiger partial charge on any atom is -0.394 e. The zero-order valence-electron chi connectivity index (χ0n) is 26.7. The number of aryl methyl sites for hydroxylation is 1. The van der Waals surface area contributed by atoms with E-state index in [9.17, 15) is 27.6 Å². The highest BCUT2D eigenvalue weighted by Gasteiger charge is 2.33. The van der Waals surface area contributed by atoms with Gasteiger partial charge >= 0.3 is 12.2 Å². The van der Waals surface area contributed by atoms with E-state index in [0.717, 1.165) is 12.5 Å². The third-order valence-corrected chi connectivity index (χ3v) is 6.48. The number of benzene rings is 2. The molecule has 46 heavy (non-hydrogen) atoms. The minimum atomic E-state index is -4.53. The number of aliphatic hydroxyl groups is 1. The fraction of sp³-hybridized carbons (Fsp3) is 0.406. The summed E-state index contributed by atoms with van der Waals surface area (Å²) in [5.74, 6) is -0.394. The Morgan fingerprint density at radius 3 is 2.33 bits per heavy atom. The number of hydrogen-bond acceptors (Lipinski definition) is 7. The lowest BCUT2D eigenvalue weighted by atomic mass is 10.0. The van der Waals surface area contributed by atoms with E-state index in [4.69, 9.17) is 10.8 Å². The molecule has 0 spiro atoms. The molecule has 3 aromatic rings. The highest BCUT2D eigenvalue weighted by atomic mass is 19.4. The van der Waals surface area contributed by atoms with Crippen LogP contribution in [0.2, 0.25) is 0 Å². The molecule has 4 rings (SSSR count). The molecule has 11 nitrogen and oxygen atoms in total. The van der Waals surface area contributed by atoms with Gasteiger partial charge in [-0.05, 0) is 49.6 Å². The monoisotopic (exact) mass is 645 g/mol. The largest absolute Gasteiger partial charge is 0.416 e. The van der Waals surface area contributed by atoms with Gasteiger partial charge in [0.25, 0.3) is 5.91 Å². The van der Waals surface area contributed by atoms with E-state index in [0.29, 0.717) is 43.0 Å². The molecule has 1 fully saturated rings. The second kappa shape index (κ2) is 17.7. The number of anilines is 2. The molecule has 4 amide bonds. The molecule has 0 aliphatic carbocycles. The molecule has 5 N–H and O–H groups in total. The van der Waals surface area contributed by atoms with Crippen molar-refractivity contribution in [1.29, 1.82) is 0 Å². The molecule has 2 aromatic carbocycles. The highest BCUT2D eigenvalue weighted by molar-refractivity contribution is 5.97. The van der Waals surface area contributed by atoms with Crippen molar-refractivity contribution in [1.82, 2.24) is 25.1 Å². The Morgan fingerprint density at radius 2 is 1.74 bits per heavy atom. The maximum atomic E-state index is 13.3. The highest BCUT2D eigenvalue weighted by Crippen LogP contribution is 2.34. The van der Waals surface area contributed by atoms with Gasteiger partial charge in [-0.1, -0.05) is 45.0 Å². The number of hydrogen-bond donors (Lipinski definition) is 4. The van der Waals surface area contributed by atoms with Gasteiger partial charge in [0.2, 0.25) is 6.41 Å². The van der Waals surface area contributed by atoms with Crippen LogP contribution in [-0.2, 0) is 23.9 Å². The average molecular weight is 646 g/mol. The predicted octanol–water partition coefficient (Wildman–Crippen LogP) is 4.96. The quantitative estimate of drug-likeness (QED) is 0.265. The number of nitrogen functional groups attached to an aromatic ring is 1. The number of nitrogens with zero attached hydrogens (tertiary/aromatic N) is 4. The predicted molar refractivity (Wildman–Crippen MR) is 171 cm³/mol. The lowest BCUT2D eigenvalue weighted by Gasteiger charge is -2.32. The Balaban J connectivity index is 0.00000114. The minimum absolute atomic E-state index is 0.00674. The van der Waals surface area contributed by atoms with Crippen molar-refractivity contribution in [2.24, 2.45) is 0 Å². The standard InChI is InChI=1S/C27H28F3N7O3.C3H8O.C2H6/c1-2-18-6-7-20(13-21(18)27(28,29)30)34-26(40)33-14-17-4-3-5-19(12-17)22-15-32-24(31)23(35-22)25(39)37-10-8-36(16-38)9-11-37;1-3(2)4;1-2/h3-7,12-13,15-16H,2,8-11,14H2,1H3,(H2,31,32)(H2,33,34,40);3-4H,1-2H3;1-2H3. The second-order valence-corrected chi connectivity index (χ2v) is 10.2. The first kappa shape index (κ1) is 37.5. The van der Waals surface area contributed by atoms with Crippen LogP contribution in [-0.4, -0.2) is 75.5 Å². The number of nitrogens with one attached hydrogen (secondary N) is 2. The molecule has 2 heterocycles. The van der Waals surface area contributed by atoms with Crippen LogP contribution in [0.5, 0.6) is 0 Å². The summed E-state index contributed by atoms with van der Waals surface area (Å²) >= 11 is 0. The summed E-state index contributed by atoms with van der Waals surface area (Å²) in [6, 6.07) is 10.0. The van der Waals surface area contributed by atoms with Crippen molar-refractivity contribution in [3.05, 3.63) is 71.0 Å². The number of amides is 4. The van der Waals surface area contributed by atoms with E-state index < -0.39 is 17.8 Å². The first-order valence-electron chi connectivity index (χ1n) is 15.0. The third kappa shape index (κ3) is 11.0. The summed E-state index contributed by atoms with van der Waals surface area (Å²) in [5, 5.41) is 13.1. The van der Waals surface area contributed by atoms with Crippen LogP contribution in [0.15, 0.2) is 48.7 Å². The maximum absolute atomic E-state index is 13.3. The van der Waals surface area contributed by atoms with Crippen LogP contribution in [0.4, 0.5) is 29.5 Å². The van der Waals surface area contributed by atoms with Gasteiger partial charge in [0.1, 0.15) is 0 Å². The molecule has 1 aliphatic rings. The Hall–Kier alpha value is -4.72. The lowest BCUT2D eigenvalue weighted by molar-refractivity contribution is -0.138. The SMILES string of the molecule is CC.CC(C)O.CCc1ccc(NC(=O)NCc2cccc(-c3cnc(N)c(C(=O)N4CCN(C=O)CC4)n3)c2)cc1C(F)(F)F.